The summed E-state index contributed by atoms with van der Waals surface area (Å²) >= 11 is 0. The van der Waals surface area contributed by atoms with Gasteiger partial charge in [0.25, 0.3) is 0 Å². The van der Waals surface area contributed by atoms with E-state index >= 15 is 0 Å². The van der Waals surface area contributed by atoms with E-state index in [9.17, 15) is 9.59 Å². The third-order valence-corrected chi connectivity index (χ3v) is 6.41. The zero-order valence-corrected chi connectivity index (χ0v) is 20.2. The van der Waals surface area contributed by atoms with Crippen LogP contribution in [0.5, 0.6) is 0 Å². The molecule has 0 bridgehead atoms. The summed E-state index contributed by atoms with van der Waals surface area (Å²) in [6.45, 7) is 4.13. The van der Waals surface area contributed by atoms with Crippen LogP contribution in [0.15, 0.2) is 89.5 Å². The first-order chi connectivity index (χ1) is 17.5. The van der Waals surface area contributed by atoms with Crippen molar-refractivity contribution in [2.75, 3.05) is 5.32 Å². The van der Waals surface area contributed by atoms with E-state index in [1.54, 1.807) is 29.1 Å². The molecule has 2 amide bonds. The molecular weight excluding hydrogens is 454 g/mol. The Balaban J connectivity index is 1.52. The number of hydrogen-bond acceptors (Lipinski definition) is 5. The van der Waals surface area contributed by atoms with Crippen molar-refractivity contribution in [3.05, 3.63) is 96.3 Å². The van der Waals surface area contributed by atoms with E-state index in [0.717, 1.165) is 11.1 Å². The van der Waals surface area contributed by atoms with Crippen LogP contribution in [0.4, 0.5) is 5.82 Å². The number of nitrogens with zero attached hydrogens (tertiary/aromatic N) is 2. The number of benzene rings is 2. The van der Waals surface area contributed by atoms with Crippen LogP contribution < -0.4 is 16.0 Å². The van der Waals surface area contributed by atoms with Gasteiger partial charge in [0, 0.05) is 18.5 Å². The minimum atomic E-state index is -0.621. The number of amides is 2. The molecule has 2 atom stereocenters. The molecule has 0 radical (unpaired) electrons. The van der Waals surface area contributed by atoms with E-state index in [1.807, 2.05) is 60.7 Å². The lowest BCUT2D eigenvalue weighted by atomic mass is 9.90. The molecule has 2 aromatic carbocycles. The van der Waals surface area contributed by atoms with Crippen molar-refractivity contribution in [3.63, 3.8) is 0 Å². The van der Waals surface area contributed by atoms with Crippen LogP contribution in [0, 0.1) is 5.92 Å². The smallest absolute Gasteiger partial charge is 0.237 e. The molecule has 0 aliphatic carbocycles. The van der Waals surface area contributed by atoms with Crippen LogP contribution >= 0.6 is 0 Å². The van der Waals surface area contributed by atoms with Crippen molar-refractivity contribution in [3.8, 4) is 11.5 Å². The Morgan fingerprint density at radius 1 is 1.03 bits per heavy atom. The number of furan rings is 1. The largest absolute Gasteiger partial charge is 0.463 e. The Bertz CT molecular complexity index is 1280. The summed E-state index contributed by atoms with van der Waals surface area (Å²) in [5.74, 6) is 0.454. The van der Waals surface area contributed by atoms with Gasteiger partial charge >= 0.3 is 0 Å². The predicted octanol–water partition coefficient (Wildman–Crippen LogP) is 4.50. The van der Waals surface area contributed by atoms with Gasteiger partial charge in [0.15, 0.2) is 12.0 Å². The maximum Gasteiger partial charge on any atom is 0.237 e. The Hall–Kier alpha value is -4.17. The lowest BCUT2D eigenvalue weighted by Gasteiger charge is -2.34. The normalized spacial score (nSPS) is 17.8. The molecular formula is C28H29N5O3. The summed E-state index contributed by atoms with van der Waals surface area (Å²) in [7, 11) is 0. The van der Waals surface area contributed by atoms with E-state index in [1.165, 1.54) is 0 Å². The van der Waals surface area contributed by atoms with Crippen LogP contribution in [-0.2, 0) is 9.59 Å². The molecule has 1 saturated heterocycles. The monoisotopic (exact) mass is 483 g/mol. The van der Waals surface area contributed by atoms with Crippen molar-refractivity contribution in [1.29, 1.82) is 0 Å². The first-order valence-corrected chi connectivity index (χ1v) is 12.1. The number of anilines is 1. The van der Waals surface area contributed by atoms with Gasteiger partial charge in [0.05, 0.1) is 12.2 Å². The van der Waals surface area contributed by atoms with E-state index < -0.39 is 12.2 Å². The fraction of sp³-hybridized carbons (Fsp3) is 0.250. The van der Waals surface area contributed by atoms with Gasteiger partial charge in [0.1, 0.15) is 11.5 Å². The van der Waals surface area contributed by atoms with Crippen molar-refractivity contribution < 1.29 is 14.0 Å². The zero-order valence-electron chi connectivity index (χ0n) is 20.2. The summed E-state index contributed by atoms with van der Waals surface area (Å²) < 4.78 is 7.16. The molecule has 5 rings (SSSR count). The molecule has 184 valence electrons. The van der Waals surface area contributed by atoms with Crippen molar-refractivity contribution in [2.24, 2.45) is 5.92 Å². The molecule has 0 saturated carbocycles. The number of nitrogens with one attached hydrogen (secondary N) is 3. The lowest BCUT2D eigenvalue weighted by Crippen LogP contribution is -2.55. The van der Waals surface area contributed by atoms with E-state index in [4.69, 9.17) is 9.52 Å². The number of carbonyl (C=O) groups is 2. The summed E-state index contributed by atoms with van der Waals surface area (Å²) in [6, 6.07) is 24.6. The molecule has 4 aromatic rings. The Labute approximate surface area is 209 Å². The van der Waals surface area contributed by atoms with E-state index in [2.05, 4.69) is 29.8 Å². The fourth-order valence-corrected chi connectivity index (χ4v) is 4.49. The van der Waals surface area contributed by atoms with Crippen LogP contribution in [0.3, 0.4) is 0 Å². The van der Waals surface area contributed by atoms with Gasteiger partial charge in [0.2, 0.25) is 11.8 Å². The van der Waals surface area contributed by atoms with Gasteiger partial charge in [-0.25, -0.2) is 4.68 Å². The van der Waals surface area contributed by atoms with Gasteiger partial charge in [-0.05, 0) is 29.2 Å². The molecule has 2 aromatic heterocycles. The van der Waals surface area contributed by atoms with E-state index in [-0.39, 0.29) is 23.8 Å². The van der Waals surface area contributed by atoms with Crippen LogP contribution in [-0.4, -0.2) is 27.6 Å². The molecule has 0 spiro atoms. The zero-order chi connectivity index (χ0) is 25.1. The summed E-state index contributed by atoms with van der Waals surface area (Å²) in [4.78, 5) is 26.3. The van der Waals surface area contributed by atoms with Crippen molar-refractivity contribution in [1.82, 2.24) is 20.4 Å². The minimum absolute atomic E-state index is 0.0232. The Kier molecular flexibility index (Phi) is 6.69. The molecule has 2 unspecified atom stereocenters. The number of carbonyl (C=O) groups excluding carboxylic acids is 2. The SMILES string of the molecule is CC(C)C1CC(=O)NC(n2nc(-c3ccco3)cc2NC(=O)C(c2ccccc2)c2ccccc2)N1. The van der Waals surface area contributed by atoms with Crippen LogP contribution in [0.2, 0.25) is 0 Å². The standard InChI is InChI=1S/C28H29N5O3/c1-18(2)21-17-25(34)31-28(29-21)33-24(16-22(32-33)23-14-9-15-36-23)30-27(35)26(19-10-5-3-6-11-19)20-12-7-4-8-13-20/h3-16,18,21,26,28-29H,17H2,1-2H3,(H,30,35)(H,31,34). The van der Waals surface area contributed by atoms with Gasteiger partial charge in [-0.1, -0.05) is 74.5 Å². The second kappa shape index (κ2) is 10.2. The second-order valence-corrected chi connectivity index (χ2v) is 9.27. The van der Waals surface area contributed by atoms with Gasteiger partial charge < -0.3 is 15.1 Å². The number of aromatic nitrogens is 2. The molecule has 1 fully saturated rings. The highest BCUT2D eigenvalue weighted by atomic mass is 16.3. The van der Waals surface area contributed by atoms with Gasteiger partial charge in [-0.2, -0.15) is 5.10 Å². The molecule has 36 heavy (non-hydrogen) atoms. The first-order valence-electron chi connectivity index (χ1n) is 12.1. The molecule has 8 nitrogen and oxygen atoms in total. The quantitative estimate of drug-likeness (QED) is 0.359. The Morgan fingerprint density at radius 3 is 2.28 bits per heavy atom. The third-order valence-electron chi connectivity index (χ3n) is 6.41. The first kappa shape index (κ1) is 23.6. The highest BCUT2D eigenvalue weighted by Crippen LogP contribution is 2.29. The summed E-state index contributed by atoms with van der Waals surface area (Å²) in [6.07, 6.45) is 1.33. The molecule has 1 aliphatic heterocycles. The average Bonchev–Trinajstić information content (AvgIpc) is 3.55. The van der Waals surface area contributed by atoms with Gasteiger partial charge in [-0.3, -0.25) is 14.9 Å². The summed E-state index contributed by atoms with van der Waals surface area (Å²) in [5.41, 5.74) is 2.30. The second-order valence-electron chi connectivity index (χ2n) is 9.27. The predicted molar refractivity (Wildman–Crippen MR) is 137 cm³/mol. The highest BCUT2D eigenvalue weighted by Gasteiger charge is 2.32. The van der Waals surface area contributed by atoms with Crippen LogP contribution in [0.25, 0.3) is 11.5 Å². The topological polar surface area (TPSA) is 101 Å². The minimum Gasteiger partial charge on any atom is -0.463 e. The maximum atomic E-state index is 13.8. The molecule has 8 heteroatoms. The Morgan fingerprint density at radius 2 is 1.69 bits per heavy atom. The van der Waals surface area contributed by atoms with E-state index in [0.29, 0.717) is 23.7 Å². The van der Waals surface area contributed by atoms with Crippen molar-refractivity contribution in [2.45, 2.75) is 38.5 Å². The summed E-state index contributed by atoms with van der Waals surface area (Å²) in [5, 5.41) is 14.2. The average molecular weight is 484 g/mol. The lowest BCUT2D eigenvalue weighted by molar-refractivity contribution is -0.126. The number of hydrogen-bond donors (Lipinski definition) is 3. The van der Waals surface area contributed by atoms with Crippen molar-refractivity contribution >= 4 is 17.6 Å². The number of rotatable bonds is 7. The molecule has 3 N–H and O–H groups in total. The van der Waals surface area contributed by atoms with Gasteiger partial charge in [-0.15, -0.1) is 0 Å². The maximum absolute atomic E-state index is 13.8. The molecule has 3 heterocycles. The molecule has 1 aliphatic rings. The fourth-order valence-electron chi connectivity index (χ4n) is 4.49. The third kappa shape index (κ3) is 4.94. The van der Waals surface area contributed by atoms with Crippen LogP contribution in [0.1, 0.15) is 43.6 Å². The highest BCUT2D eigenvalue weighted by molar-refractivity contribution is 5.98.